The number of carbonyl (C=O) groups excluding carboxylic acids is 2. The van der Waals surface area contributed by atoms with Gasteiger partial charge in [-0.25, -0.2) is 9.97 Å². The highest BCUT2D eigenvalue weighted by Crippen LogP contribution is 2.27. The Morgan fingerprint density at radius 2 is 1.94 bits per heavy atom. The van der Waals surface area contributed by atoms with Gasteiger partial charge in [0.1, 0.15) is 16.1 Å². The number of rotatable bonds is 7. The Morgan fingerprint density at radius 3 is 2.72 bits per heavy atom. The third kappa shape index (κ3) is 5.53. The van der Waals surface area contributed by atoms with Crippen LogP contribution in [0, 0.1) is 0 Å². The molecule has 8 nitrogen and oxygen atoms in total. The molecule has 168 valence electrons. The number of aromatic nitrogens is 2. The zero-order valence-electron chi connectivity index (χ0n) is 18.1. The molecule has 1 saturated heterocycles. The van der Waals surface area contributed by atoms with Crippen LogP contribution in [0.5, 0.6) is 5.75 Å². The Morgan fingerprint density at radius 1 is 1.09 bits per heavy atom. The minimum atomic E-state index is -0.118. The Kier molecular flexibility index (Phi) is 7.16. The van der Waals surface area contributed by atoms with Crippen molar-refractivity contribution >= 4 is 38.6 Å². The van der Waals surface area contributed by atoms with Gasteiger partial charge < -0.3 is 19.9 Å². The number of hydrogen-bond donors (Lipinski definition) is 1. The Balaban J connectivity index is 1.22. The van der Waals surface area contributed by atoms with Gasteiger partial charge in [-0.3, -0.25) is 9.59 Å². The van der Waals surface area contributed by atoms with E-state index < -0.39 is 0 Å². The van der Waals surface area contributed by atoms with Crippen molar-refractivity contribution < 1.29 is 14.3 Å². The summed E-state index contributed by atoms with van der Waals surface area (Å²) < 4.78 is 5.13. The number of thiazole rings is 1. The quantitative estimate of drug-likeness (QED) is 0.592. The van der Waals surface area contributed by atoms with Gasteiger partial charge in [-0.05, 0) is 36.2 Å². The predicted octanol–water partition coefficient (Wildman–Crippen LogP) is 2.84. The molecule has 0 unspecified atom stereocenters. The van der Waals surface area contributed by atoms with Crippen molar-refractivity contribution in [3.8, 4) is 5.75 Å². The number of hydrogen-bond acceptors (Lipinski definition) is 7. The van der Waals surface area contributed by atoms with Crippen LogP contribution in [0.25, 0.3) is 10.3 Å². The first-order valence-corrected chi connectivity index (χ1v) is 11.6. The summed E-state index contributed by atoms with van der Waals surface area (Å²) >= 11 is 1.58. The molecule has 9 heteroatoms. The van der Waals surface area contributed by atoms with Crippen LogP contribution >= 0.6 is 11.3 Å². The molecule has 1 aliphatic heterocycles. The van der Waals surface area contributed by atoms with E-state index in [-0.39, 0.29) is 24.7 Å². The number of fused-ring (bicyclic) bond motifs is 1. The van der Waals surface area contributed by atoms with Gasteiger partial charge in [0.25, 0.3) is 0 Å². The molecule has 1 aliphatic rings. The van der Waals surface area contributed by atoms with Gasteiger partial charge in [-0.15, -0.1) is 0 Å². The molecule has 0 aliphatic carbocycles. The second kappa shape index (κ2) is 10.4. The second-order valence-corrected chi connectivity index (χ2v) is 8.63. The van der Waals surface area contributed by atoms with Gasteiger partial charge >= 0.3 is 0 Å². The average Bonchev–Trinajstić information content (AvgIpc) is 3.10. The molecule has 1 aromatic carbocycles. The lowest BCUT2D eigenvalue weighted by atomic mass is 10.2. The van der Waals surface area contributed by atoms with Crippen LogP contribution in [0.4, 0.5) is 5.13 Å². The first-order chi connectivity index (χ1) is 15.6. The third-order valence-electron chi connectivity index (χ3n) is 5.49. The van der Waals surface area contributed by atoms with E-state index in [1.54, 1.807) is 24.6 Å². The van der Waals surface area contributed by atoms with E-state index >= 15 is 0 Å². The molecule has 0 radical (unpaired) electrons. The lowest BCUT2D eigenvalue weighted by molar-refractivity contribution is -0.133. The summed E-state index contributed by atoms with van der Waals surface area (Å²) in [5.41, 5.74) is 1.90. The highest BCUT2D eigenvalue weighted by Gasteiger charge is 2.21. The van der Waals surface area contributed by atoms with Crippen molar-refractivity contribution in [2.45, 2.75) is 25.8 Å². The molecule has 3 aromatic rings. The molecule has 32 heavy (non-hydrogen) atoms. The minimum Gasteiger partial charge on any atom is -0.497 e. The maximum absolute atomic E-state index is 12.7. The highest BCUT2D eigenvalue weighted by molar-refractivity contribution is 7.21. The maximum atomic E-state index is 12.7. The summed E-state index contributed by atoms with van der Waals surface area (Å²) in [5.74, 6) is 0.687. The van der Waals surface area contributed by atoms with E-state index in [2.05, 4.69) is 20.2 Å². The van der Waals surface area contributed by atoms with E-state index in [1.807, 2.05) is 41.3 Å². The fourth-order valence-corrected chi connectivity index (χ4v) is 4.62. The monoisotopic (exact) mass is 453 g/mol. The molecule has 0 atom stereocenters. The fraction of sp³-hybridized carbons (Fsp3) is 0.391. The smallest absolute Gasteiger partial charge is 0.223 e. The van der Waals surface area contributed by atoms with Crippen molar-refractivity contribution in [2.75, 3.05) is 38.2 Å². The number of methoxy groups -OCH3 is 1. The van der Waals surface area contributed by atoms with Crippen molar-refractivity contribution in [1.29, 1.82) is 0 Å². The van der Waals surface area contributed by atoms with Gasteiger partial charge in [0, 0.05) is 51.8 Å². The standard InChI is InChI=1S/C23H27N5O3S/c1-31-18-7-5-17(6-8-18)16-25-20(29)9-10-21(30)27-12-3-13-28(15-14-27)23-26-19-4-2-11-24-22(19)32-23/h2,4-8,11H,3,9-10,12-16H2,1H3,(H,25,29). The summed E-state index contributed by atoms with van der Waals surface area (Å²) in [6, 6.07) is 11.4. The summed E-state index contributed by atoms with van der Waals surface area (Å²) in [7, 11) is 1.62. The van der Waals surface area contributed by atoms with Crippen LogP contribution in [-0.2, 0) is 16.1 Å². The van der Waals surface area contributed by atoms with Gasteiger partial charge in [0.15, 0.2) is 5.13 Å². The zero-order valence-corrected chi connectivity index (χ0v) is 18.9. The molecule has 2 aromatic heterocycles. The van der Waals surface area contributed by atoms with Crippen LogP contribution < -0.4 is 15.0 Å². The van der Waals surface area contributed by atoms with E-state index in [0.29, 0.717) is 19.6 Å². The number of pyridine rings is 1. The predicted molar refractivity (Wildman–Crippen MR) is 125 cm³/mol. The molecule has 1 N–H and O–H groups in total. The van der Waals surface area contributed by atoms with Crippen LogP contribution in [0.15, 0.2) is 42.6 Å². The topological polar surface area (TPSA) is 87.7 Å². The minimum absolute atomic E-state index is 0.0254. The van der Waals surface area contributed by atoms with Gasteiger partial charge in [0.05, 0.1) is 7.11 Å². The van der Waals surface area contributed by atoms with Crippen molar-refractivity contribution in [1.82, 2.24) is 20.2 Å². The number of ether oxygens (including phenoxy) is 1. The van der Waals surface area contributed by atoms with Crippen LogP contribution in [0.2, 0.25) is 0 Å². The molecule has 0 saturated carbocycles. The van der Waals surface area contributed by atoms with Crippen molar-refractivity contribution in [3.63, 3.8) is 0 Å². The largest absolute Gasteiger partial charge is 0.497 e. The van der Waals surface area contributed by atoms with Gasteiger partial charge in [-0.1, -0.05) is 23.5 Å². The Labute approximate surface area is 191 Å². The average molecular weight is 454 g/mol. The highest BCUT2D eigenvalue weighted by atomic mass is 32.1. The SMILES string of the molecule is COc1ccc(CNC(=O)CCC(=O)N2CCCN(c3nc4cccnc4s3)CC2)cc1. The molecule has 0 bridgehead atoms. The van der Waals surface area contributed by atoms with Crippen molar-refractivity contribution in [2.24, 2.45) is 0 Å². The number of benzene rings is 1. The number of nitrogens with zero attached hydrogens (tertiary/aromatic N) is 4. The Bertz CT molecular complexity index is 1040. The summed E-state index contributed by atoms with van der Waals surface area (Å²) in [5, 5.41) is 3.83. The molecule has 1 fully saturated rings. The number of amides is 2. The normalized spacial score (nSPS) is 14.3. The molecular weight excluding hydrogens is 426 g/mol. The molecule has 2 amide bonds. The van der Waals surface area contributed by atoms with Crippen LogP contribution in [-0.4, -0.2) is 60.0 Å². The van der Waals surface area contributed by atoms with Gasteiger partial charge in [-0.2, -0.15) is 0 Å². The number of nitrogens with one attached hydrogen (secondary N) is 1. The first-order valence-electron chi connectivity index (χ1n) is 10.8. The lowest BCUT2D eigenvalue weighted by Crippen LogP contribution is -2.36. The molecule has 3 heterocycles. The fourth-order valence-electron chi connectivity index (χ4n) is 3.66. The van der Waals surface area contributed by atoms with E-state index in [1.165, 1.54) is 0 Å². The zero-order chi connectivity index (χ0) is 22.3. The lowest BCUT2D eigenvalue weighted by Gasteiger charge is -2.21. The summed E-state index contributed by atoms with van der Waals surface area (Å²) in [6.45, 7) is 3.36. The molecule has 4 rings (SSSR count). The summed E-state index contributed by atoms with van der Waals surface area (Å²) in [4.78, 5) is 38.9. The van der Waals surface area contributed by atoms with Crippen molar-refractivity contribution in [3.05, 3.63) is 48.2 Å². The maximum Gasteiger partial charge on any atom is 0.223 e. The molecular formula is C23H27N5O3S. The third-order valence-corrected chi connectivity index (χ3v) is 6.53. The summed E-state index contributed by atoms with van der Waals surface area (Å²) in [6.07, 6.45) is 3.07. The van der Waals surface area contributed by atoms with E-state index in [9.17, 15) is 9.59 Å². The second-order valence-electron chi connectivity index (χ2n) is 7.67. The van der Waals surface area contributed by atoms with Crippen LogP contribution in [0.1, 0.15) is 24.8 Å². The van der Waals surface area contributed by atoms with Crippen LogP contribution in [0.3, 0.4) is 0 Å². The van der Waals surface area contributed by atoms with E-state index in [4.69, 9.17) is 4.74 Å². The van der Waals surface area contributed by atoms with E-state index in [0.717, 1.165) is 46.3 Å². The molecule has 0 spiro atoms. The van der Waals surface area contributed by atoms with Gasteiger partial charge in [0.2, 0.25) is 11.8 Å². The number of anilines is 1. The Hall–Kier alpha value is -3.20. The number of carbonyl (C=O) groups is 2. The first kappa shape index (κ1) is 22.0.